The second-order valence-electron chi connectivity index (χ2n) is 1.99. The molecular formula is C6H8N2O2. The van der Waals surface area contributed by atoms with Gasteiger partial charge in [0.1, 0.15) is 0 Å². The van der Waals surface area contributed by atoms with Gasteiger partial charge in [0.05, 0.1) is 11.4 Å². The summed E-state index contributed by atoms with van der Waals surface area (Å²) in [5.41, 5.74) is 2.99. The number of aromatic nitrogens is 1. The van der Waals surface area contributed by atoms with Crippen LogP contribution >= 0.6 is 0 Å². The van der Waals surface area contributed by atoms with Gasteiger partial charge in [0.2, 0.25) is 0 Å². The highest BCUT2D eigenvalue weighted by molar-refractivity contribution is 5.75. The van der Waals surface area contributed by atoms with E-state index < -0.39 is 0 Å². The molecule has 0 saturated heterocycles. The van der Waals surface area contributed by atoms with Gasteiger partial charge in [-0.15, -0.1) is 0 Å². The molecule has 4 nitrogen and oxygen atoms in total. The highest BCUT2D eigenvalue weighted by atomic mass is 16.5. The first-order chi connectivity index (χ1) is 4.77. The lowest BCUT2D eigenvalue weighted by atomic mass is 10.4. The fourth-order valence-corrected chi connectivity index (χ4v) is 0.760. The van der Waals surface area contributed by atoms with Crippen LogP contribution in [0, 0.1) is 0 Å². The van der Waals surface area contributed by atoms with Crippen LogP contribution in [0.25, 0.3) is 0 Å². The van der Waals surface area contributed by atoms with Gasteiger partial charge in [-0.05, 0) is 6.07 Å². The lowest BCUT2D eigenvalue weighted by Crippen LogP contribution is -1.90. The third-order valence-electron chi connectivity index (χ3n) is 1.29. The van der Waals surface area contributed by atoms with Gasteiger partial charge in [-0.3, -0.25) is 15.5 Å². The molecule has 1 aromatic heterocycles. The van der Waals surface area contributed by atoms with E-state index in [0.29, 0.717) is 11.4 Å². The van der Waals surface area contributed by atoms with Gasteiger partial charge < -0.3 is 4.57 Å². The van der Waals surface area contributed by atoms with Crippen molar-refractivity contribution in [3.63, 3.8) is 0 Å². The number of carbonyl (C=O) groups excluding carboxylic acids is 1. The van der Waals surface area contributed by atoms with Crippen molar-refractivity contribution in [2.45, 2.75) is 0 Å². The van der Waals surface area contributed by atoms with Gasteiger partial charge in [0, 0.05) is 13.2 Å². The SMILES string of the molecule is Cn1cc(NO)cc1C=O. The average Bonchev–Trinajstić information content (AvgIpc) is 2.30. The second-order valence-corrected chi connectivity index (χ2v) is 1.99. The second kappa shape index (κ2) is 2.53. The Kier molecular flexibility index (Phi) is 1.73. The minimum absolute atomic E-state index is 0.518. The number of hydrogen-bond acceptors (Lipinski definition) is 3. The Bertz CT molecular complexity index is 242. The van der Waals surface area contributed by atoms with Crippen LogP contribution in [0.1, 0.15) is 10.5 Å². The molecule has 0 radical (unpaired) electrons. The Morgan fingerprint density at radius 3 is 2.80 bits per heavy atom. The summed E-state index contributed by atoms with van der Waals surface area (Å²) in [6.45, 7) is 0. The molecule has 0 aliphatic carbocycles. The first-order valence-corrected chi connectivity index (χ1v) is 2.79. The molecule has 0 fully saturated rings. The van der Waals surface area contributed by atoms with Gasteiger partial charge in [-0.1, -0.05) is 0 Å². The molecule has 10 heavy (non-hydrogen) atoms. The number of nitrogens with one attached hydrogen (secondary N) is 1. The Hall–Kier alpha value is -1.29. The van der Waals surface area contributed by atoms with Gasteiger partial charge in [0.25, 0.3) is 0 Å². The molecule has 0 atom stereocenters. The molecule has 4 heteroatoms. The number of aryl methyl sites for hydroxylation is 1. The van der Waals surface area contributed by atoms with Gasteiger partial charge in [0.15, 0.2) is 6.29 Å². The zero-order valence-electron chi connectivity index (χ0n) is 5.53. The van der Waals surface area contributed by atoms with E-state index in [1.165, 1.54) is 0 Å². The number of nitrogens with zero attached hydrogens (tertiary/aromatic N) is 1. The molecule has 2 N–H and O–H groups in total. The van der Waals surface area contributed by atoms with Crippen molar-refractivity contribution in [2.24, 2.45) is 7.05 Å². The summed E-state index contributed by atoms with van der Waals surface area (Å²) in [6.07, 6.45) is 2.34. The fraction of sp³-hybridized carbons (Fsp3) is 0.167. The van der Waals surface area contributed by atoms with Crippen molar-refractivity contribution < 1.29 is 10.0 Å². The number of anilines is 1. The monoisotopic (exact) mass is 140 g/mol. The molecule has 0 saturated carbocycles. The van der Waals surface area contributed by atoms with Crippen molar-refractivity contribution in [2.75, 3.05) is 5.48 Å². The average molecular weight is 140 g/mol. The van der Waals surface area contributed by atoms with Crippen molar-refractivity contribution >= 4 is 12.0 Å². The zero-order valence-corrected chi connectivity index (χ0v) is 5.53. The summed E-state index contributed by atoms with van der Waals surface area (Å²) in [5, 5.41) is 8.39. The summed E-state index contributed by atoms with van der Waals surface area (Å²) in [4.78, 5) is 10.2. The topological polar surface area (TPSA) is 54.3 Å². The van der Waals surface area contributed by atoms with E-state index in [1.807, 2.05) is 5.48 Å². The summed E-state index contributed by atoms with van der Waals surface area (Å²) in [7, 11) is 1.73. The van der Waals surface area contributed by atoms with Crippen molar-refractivity contribution in [3.05, 3.63) is 18.0 Å². The Labute approximate surface area is 58.0 Å². The predicted molar refractivity (Wildman–Crippen MR) is 36.2 cm³/mol. The number of aldehydes is 1. The van der Waals surface area contributed by atoms with Crippen LogP contribution in [0.4, 0.5) is 5.69 Å². The van der Waals surface area contributed by atoms with Crippen LogP contribution in [0.2, 0.25) is 0 Å². The van der Waals surface area contributed by atoms with Crippen molar-refractivity contribution in [1.82, 2.24) is 4.57 Å². The third kappa shape index (κ3) is 1.01. The van der Waals surface area contributed by atoms with Crippen LogP contribution in [0.15, 0.2) is 12.3 Å². The molecule has 0 aliphatic heterocycles. The summed E-state index contributed by atoms with van der Waals surface area (Å²) in [5.74, 6) is 0. The summed E-state index contributed by atoms with van der Waals surface area (Å²) >= 11 is 0. The fourth-order valence-electron chi connectivity index (χ4n) is 0.760. The minimum atomic E-state index is 0.518. The molecule has 0 aromatic carbocycles. The largest absolute Gasteiger partial charge is 0.346 e. The van der Waals surface area contributed by atoms with Gasteiger partial charge >= 0.3 is 0 Å². The van der Waals surface area contributed by atoms with Crippen molar-refractivity contribution in [3.8, 4) is 0 Å². The minimum Gasteiger partial charge on any atom is -0.346 e. The molecular weight excluding hydrogens is 132 g/mol. The first kappa shape index (κ1) is 6.82. The number of hydrogen-bond donors (Lipinski definition) is 2. The van der Waals surface area contributed by atoms with Crippen molar-refractivity contribution in [1.29, 1.82) is 0 Å². The Morgan fingerprint density at radius 2 is 2.50 bits per heavy atom. The van der Waals surface area contributed by atoms with E-state index in [4.69, 9.17) is 5.21 Å². The smallest absolute Gasteiger partial charge is 0.166 e. The highest BCUT2D eigenvalue weighted by Crippen LogP contribution is 2.08. The molecule has 54 valence electrons. The quantitative estimate of drug-likeness (QED) is 0.468. The maximum absolute atomic E-state index is 10.2. The Balaban J connectivity index is 3.03. The van der Waals surface area contributed by atoms with Crippen LogP contribution < -0.4 is 5.48 Å². The molecule has 1 rings (SSSR count). The van der Waals surface area contributed by atoms with E-state index in [-0.39, 0.29) is 0 Å². The third-order valence-corrected chi connectivity index (χ3v) is 1.29. The standard InChI is InChI=1S/C6H8N2O2/c1-8-3-5(7-10)2-6(8)4-9/h2-4,7,10H,1H3. The van der Waals surface area contributed by atoms with Crippen LogP contribution in [0.3, 0.4) is 0 Å². The zero-order chi connectivity index (χ0) is 7.56. The molecule has 1 heterocycles. The highest BCUT2D eigenvalue weighted by Gasteiger charge is 1.98. The van der Waals surface area contributed by atoms with Crippen LogP contribution in [-0.4, -0.2) is 16.1 Å². The molecule has 1 aromatic rings. The van der Waals surface area contributed by atoms with Gasteiger partial charge in [-0.25, -0.2) is 0 Å². The van der Waals surface area contributed by atoms with E-state index in [1.54, 1.807) is 23.9 Å². The first-order valence-electron chi connectivity index (χ1n) is 2.79. The van der Waals surface area contributed by atoms with E-state index in [9.17, 15) is 4.79 Å². The van der Waals surface area contributed by atoms with E-state index in [0.717, 1.165) is 6.29 Å². The maximum atomic E-state index is 10.2. The summed E-state index contributed by atoms with van der Waals surface area (Å²) < 4.78 is 1.62. The normalized spacial score (nSPS) is 9.40. The molecule has 0 bridgehead atoms. The van der Waals surface area contributed by atoms with E-state index >= 15 is 0 Å². The van der Waals surface area contributed by atoms with Crippen LogP contribution in [-0.2, 0) is 7.05 Å². The lowest BCUT2D eigenvalue weighted by molar-refractivity contribution is 0.111. The van der Waals surface area contributed by atoms with E-state index in [2.05, 4.69) is 0 Å². The predicted octanol–water partition coefficient (Wildman–Crippen LogP) is 0.639. The summed E-state index contributed by atoms with van der Waals surface area (Å²) in [6, 6.07) is 1.55. The van der Waals surface area contributed by atoms with Crippen LogP contribution in [0.5, 0.6) is 0 Å². The molecule has 0 unspecified atom stereocenters. The maximum Gasteiger partial charge on any atom is 0.166 e. The molecule has 0 spiro atoms. The number of carbonyl (C=O) groups is 1. The molecule has 0 amide bonds. The number of rotatable bonds is 2. The molecule has 0 aliphatic rings. The van der Waals surface area contributed by atoms with Gasteiger partial charge in [-0.2, -0.15) is 0 Å². The lowest BCUT2D eigenvalue weighted by Gasteiger charge is -1.89. The Morgan fingerprint density at radius 1 is 1.80 bits per heavy atom.